The summed E-state index contributed by atoms with van der Waals surface area (Å²) in [6.45, 7) is 4.75. The number of hydrogen-bond acceptors (Lipinski definition) is 1. The van der Waals surface area contributed by atoms with Gasteiger partial charge in [-0.1, -0.05) is 48.6 Å². The van der Waals surface area contributed by atoms with Gasteiger partial charge in [0, 0.05) is 0 Å². The molecule has 0 aliphatic heterocycles. The summed E-state index contributed by atoms with van der Waals surface area (Å²) < 4.78 is 5.45. The Morgan fingerprint density at radius 1 is 0.895 bits per heavy atom. The zero-order chi connectivity index (χ0) is 13.5. The van der Waals surface area contributed by atoms with Gasteiger partial charge in [-0.2, -0.15) is 0 Å². The number of allylic oxidation sites excluding steroid dienone is 1. The van der Waals surface area contributed by atoms with Crippen LogP contribution in [0.25, 0.3) is 6.08 Å². The first-order valence-corrected chi connectivity index (χ1v) is 6.75. The van der Waals surface area contributed by atoms with E-state index in [1.165, 1.54) is 16.7 Å². The highest BCUT2D eigenvalue weighted by atomic mass is 16.5. The summed E-state index contributed by atoms with van der Waals surface area (Å²) in [5.74, 6) is 0.940. The Hall–Kier alpha value is -2.02. The molecule has 0 amide bonds. The molecule has 98 valence electrons. The van der Waals surface area contributed by atoms with E-state index in [9.17, 15) is 0 Å². The average molecular weight is 252 g/mol. The molecule has 2 rings (SSSR count). The third-order valence-corrected chi connectivity index (χ3v) is 2.98. The Balaban J connectivity index is 2.03. The van der Waals surface area contributed by atoms with Crippen LogP contribution < -0.4 is 4.74 Å². The molecule has 1 nitrogen and oxygen atoms in total. The summed E-state index contributed by atoms with van der Waals surface area (Å²) in [5.41, 5.74) is 3.89. The molecule has 0 radical (unpaired) electrons. The minimum atomic E-state index is 0.714. The first-order valence-electron chi connectivity index (χ1n) is 6.75. The quantitative estimate of drug-likeness (QED) is 0.749. The molecule has 0 N–H and O–H groups in total. The predicted octanol–water partition coefficient (Wildman–Crippen LogP) is 4.71. The average Bonchev–Trinajstić information content (AvgIpc) is 2.44. The summed E-state index contributed by atoms with van der Waals surface area (Å²) in [5, 5.41) is 0. The summed E-state index contributed by atoms with van der Waals surface area (Å²) in [4.78, 5) is 0. The van der Waals surface area contributed by atoms with Crippen molar-refractivity contribution in [2.75, 3.05) is 6.61 Å². The number of hydrogen-bond donors (Lipinski definition) is 0. The van der Waals surface area contributed by atoms with Crippen molar-refractivity contribution in [3.63, 3.8) is 0 Å². The van der Waals surface area contributed by atoms with Crippen LogP contribution in [0.5, 0.6) is 5.75 Å². The summed E-state index contributed by atoms with van der Waals surface area (Å²) in [7, 11) is 0. The van der Waals surface area contributed by atoms with Gasteiger partial charge in [0.25, 0.3) is 0 Å². The second-order valence-corrected chi connectivity index (χ2v) is 4.50. The van der Waals surface area contributed by atoms with Crippen molar-refractivity contribution in [1.29, 1.82) is 0 Å². The number of ether oxygens (including phenoxy) is 1. The number of rotatable bonds is 5. The molecule has 0 saturated heterocycles. The van der Waals surface area contributed by atoms with Gasteiger partial charge in [-0.3, -0.25) is 0 Å². The van der Waals surface area contributed by atoms with Gasteiger partial charge >= 0.3 is 0 Å². The minimum Gasteiger partial charge on any atom is -0.494 e. The SMILES string of the molecule is CC=Cc1ccc(Cc2ccc(OCC)cc2)cc1. The molecule has 0 aliphatic rings. The maximum absolute atomic E-state index is 5.45. The predicted molar refractivity (Wildman–Crippen MR) is 81.6 cm³/mol. The van der Waals surface area contributed by atoms with Crippen molar-refractivity contribution in [2.45, 2.75) is 20.3 Å². The van der Waals surface area contributed by atoms with E-state index in [4.69, 9.17) is 4.74 Å². The standard InChI is InChI=1S/C18H20O/c1-3-5-15-6-8-16(9-7-15)14-17-10-12-18(13-11-17)19-4-2/h3,5-13H,4,14H2,1-2H3. The maximum atomic E-state index is 5.45. The zero-order valence-electron chi connectivity index (χ0n) is 11.6. The highest BCUT2D eigenvalue weighted by molar-refractivity contribution is 5.49. The molecule has 0 aromatic heterocycles. The van der Waals surface area contributed by atoms with Gasteiger partial charge in [0.15, 0.2) is 0 Å². The summed E-state index contributed by atoms with van der Waals surface area (Å²) in [6, 6.07) is 17.0. The Morgan fingerprint density at radius 2 is 1.47 bits per heavy atom. The van der Waals surface area contributed by atoms with E-state index in [0.29, 0.717) is 6.61 Å². The number of benzene rings is 2. The van der Waals surface area contributed by atoms with Crippen molar-refractivity contribution in [1.82, 2.24) is 0 Å². The van der Waals surface area contributed by atoms with E-state index in [0.717, 1.165) is 12.2 Å². The molecule has 0 atom stereocenters. The molecule has 0 saturated carbocycles. The van der Waals surface area contributed by atoms with E-state index in [1.54, 1.807) is 0 Å². The fraction of sp³-hybridized carbons (Fsp3) is 0.222. The van der Waals surface area contributed by atoms with Crippen LogP contribution in [0.2, 0.25) is 0 Å². The fourth-order valence-corrected chi connectivity index (χ4v) is 2.04. The van der Waals surface area contributed by atoms with Crippen LogP contribution in [0.4, 0.5) is 0 Å². The van der Waals surface area contributed by atoms with Crippen LogP contribution in [0.3, 0.4) is 0 Å². The molecule has 0 aliphatic carbocycles. The minimum absolute atomic E-state index is 0.714. The molecule has 19 heavy (non-hydrogen) atoms. The van der Waals surface area contributed by atoms with Crippen molar-refractivity contribution >= 4 is 6.08 Å². The second kappa shape index (κ2) is 6.79. The first-order chi connectivity index (χ1) is 9.31. The van der Waals surface area contributed by atoms with Gasteiger partial charge in [-0.25, -0.2) is 0 Å². The molecular formula is C18H20O. The Morgan fingerprint density at radius 3 is 2.00 bits per heavy atom. The molecular weight excluding hydrogens is 232 g/mol. The smallest absolute Gasteiger partial charge is 0.119 e. The topological polar surface area (TPSA) is 9.23 Å². The van der Waals surface area contributed by atoms with Gasteiger partial charge in [0.1, 0.15) is 5.75 Å². The molecule has 2 aromatic carbocycles. The largest absolute Gasteiger partial charge is 0.494 e. The van der Waals surface area contributed by atoms with Crippen LogP contribution in [0.15, 0.2) is 54.6 Å². The molecule has 0 spiro atoms. The Labute approximate surface area is 115 Å². The molecule has 1 heteroatoms. The Kier molecular flexibility index (Phi) is 4.79. The lowest BCUT2D eigenvalue weighted by Crippen LogP contribution is -1.92. The van der Waals surface area contributed by atoms with E-state index >= 15 is 0 Å². The summed E-state index contributed by atoms with van der Waals surface area (Å²) >= 11 is 0. The van der Waals surface area contributed by atoms with Crippen LogP contribution in [-0.4, -0.2) is 6.61 Å². The highest BCUT2D eigenvalue weighted by Crippen LogP contribution is 2.16. The third kappa shape index (κ3) is 3.99. The van der Waals surface area contributed by atoms with Crippen LogP contribution in [-0.2, 0) is 6.42 Å². The van der Waals surface area contributed by atoms with Crippen molar-refractivity contribution in [3.05, 3.63) is 71.3 Å². The monoisotopic (exact) mass is 252 g/mol. The maximum Gasteiger partial charge on any atom is 0.119 e. The van der Waals surface area contributed by atoms with E-state index in [2.05, 4.69) is 48.6 Å². The van der Waals surface area contributed by atoms with Crippen molar-refractivity contribution in [3.8, 4) is 5.75 Å². The zero-order valence-corrected chi connectivity index (χ0v) is 11.6. The highest BCUT2D eigenvalue weighted by Gasteiger charge is 1.98. The van der Waals surface area contributed by atoms with E-state index in [1.807, 2.05) is 26.0 Å². The van der Waals surface area contributed by atoms with E-state index in [-0.39, 0.29) is 0 Å². The third-order valence-electron chi connectivity index (χ3n) is 2.98. The van der Waals surface area contributed by atoms with Gasteiger partial charge in [-0.05, 0) is 49.1 Å². The normalized spacial score (nSPS) is 10.8. The van der Waals surface area contributed by atoms with Gasteiger partial charge in [0.05, 0.1) is 6.61 Å². The Bertz CT molecular complexity index is 521. The molecule has 2 aromatic rings. The fourth-order valence-electron chi connectivity index (χ4n) is 2.04. The molecule has 0 fully saturated rings. The molecule has 0 unspecified atom stereocenters. The molecule has 0 heterocycles. The van der Waals surface area contributed by atoms with Crippen LogP contribution >= 0.6 is 0 Å². The van der Waals surface area contributed by atoms with Crippen LogP contribution in [0, 0.1) is 0 Å². The van der Waals surface area contributed by atoms with Crippen molar-refractivity contribution < 1.29 is 4.74 Å². The molecule has 0 bridgehead atoms. The van der Waals surface area contributed by atoms with E-state index < -0.39 is 0 Å². The van der Waals surface area contributed by atoms with Gasteiger partial charge in [-0.15, -0.1) is 0 Å². The van der Waals surface area contributed by atoms with Gasteiger partial charge < -0.3 is 4.74 Å². The lowest BCUT2D eigenvalue weighted by Gasteiger charge is -2.05. The lowest BCUT2D eigenvalue weighted by atomic mass is 10.0. The summed E-state index contributed by atoms with van der Waals surface area (Å²) in [6.07, 6.45) is 5.13. The first kappa shape index (κ1) is 13.4. The van der Waals surface area contributed by atoms with Gasteiger partial charge in [0.2, 0.25) is 0 Å². The second-order valence-electron chi connectivity index (χ2n) is 4.50. The lowest BCUT2D eigenvalue weighted by molar-refractivity contribution is 0.340. The van der Waals surface area contributed by atoms with Crippen LogP contribution in [0.1, 0.15) is 30.5 Å². The van der Waals surface area contributed by atoms with Crippen molar-refractivity contribution in [2.24, 2.45) is 0 Å².